The van der Waals surface area contributed by atoms with Gasteiger partial charge in [-0.1, -0.05) is 18.2 Å². The predicted octanol–water partition coefficient (Wildman–Crippen LogP) is 4.52. The average Bonchev–Trinajstić information content (AvgIpc) is 2.96. The number of para-hydroxylation sites is 1. The number of rotatable bonds is 3. The van der Waals surface area contributed by atoms with Gasteiger partial charge in [0.15, 0.2) is 11.5 Å². The van der Waals surface area contributed by atoms with Crippen molar-refractivity contribution >= 4 is 39.9 Å². The Balaban J connectivity index is 1.79. The maximum absolute atomic E-state index is 11.6. The molecular weight excluding hydrogens is 350 g/mol. The van der Waals surface area contributed by atoms with E-state index >= 15 is 0 Å². The third-order valence-corrected chi connectivity index (χ3v) is 5.18. The molecule has 0 atom stereocenters. The minimum Gasteiger partial charge on any atom is -0.338 e. The van der Waals surface area contributed by atoms with Crippen molar-refractivity contribution in [3.63, 3.8) is 0 Å². The highest BCUT2D eigenvalue weighted by Crippen LogP contribution is 2.33. The molecule has 1 fully saturated rings. The number of fused-ring (bicyclic) bond motifs is 1. The molecule has 1 N–H and O–H groups in total. The summed E-state index contributed by atoms with van der Waals surface area (Å²) in [6.45, 7) is 4.13. The van der Waals surface area contributed by atoms with E-state index in [0.29, 0.717) is 30.1 Å². The zero-order valence-corrected chi connectivity index (χ0v) is 15.5. The van der Waals surface area contributed by atoms with E-state index in [4.69, 9.17) is 16.7 Å². The van der Waals surface area contributed by atoms with Crippen LogP contribution in [0.2, 0.25) is 5.28 Å². The Morgan fingerprint density at radius 1 is 1.19 bits per heavy atom. The van der Waals surface area contributed by atoms with Crippen molar-refractivity contribution in [1.82, 2.24) is 19.7 Å². The van der Waals surface area contributed by atoms with Crippen molar-refractivity contribution in [3.8, 4) is 0 Å². The van der Waals surface area contributed by atoms with Gasteiger partial charge in [-0.3, -0.25) is 4.79 Å². The maximum atomic E-state index is 11.6. The van der Waals surface area contributed by atoms with Gasteiger partial charge in [0.05, 0.1) is 11.4 Å². The van der Waals surface area contributed by atoms with E-state index in [0.717, 1.165) is 35.0 Å². The lowest BCUT2D eigenvalue weighted by Crippen LogP contribution is -2.19. The first kappa shape index (κ1) is 17.0. The third kappa shape index (κ3) is 3.05. The monoisotopic (exact) mass is 369 g/mol. The molecular formula is C19H20ClN5O. The highest BCUT2D eigenvalue weighted by Gasteiger charge is 2.25. The van der Waals surface area contributed by atoms with Crippen LogP contribution in [0, 0.1) is 13.8 Å². The van der Waals surface area contributed by atoms with Crippen LogP contribution in [0.4, 0.5) is 11.5 Å². The molecule has 134 valence electrons. The fraction of sp³-hybridized carbons (Fsp3) is 0.368. The van der Waals surface area contributed by atoms with Crippen molar-refractivity contribution in [2.45, 2.75) is 45.6 Å². The van der Waals surface area contributed by atoms with E-state index < -0.39 is 0 Å². The SMILES string of the molecule is Cc1cccc(C)c1Nc1nn(C2CCC(=O)CC2)c2nc(Cl)ncc12. The lowest BCUT2D eigenvalue weighted by atomic mass is 9.94. The zero-order valence-electron chi connectivity index (χ0n) is 14.8. The van der Waals surface area contributed by atoms with Crippen LogP contribution in [0.1, 0.15) is 42.9 Å². The summed E-state index contributed by atoms with van der Waals surface area (Å²) >= 11 is 6.03. The first-order valence-corrected chi connectivity index (χ1v) is 9.16. The standard InChI is InChI=1S/C19H20ClN5O/c1-11-4-3-5-12(2)16(11)22-17-15-10-21-19(20)23-18(15)25(24-17)13-6-8-14(26)9-7-13/h3-5,10,13H,6-9H2,1-2H3,(H,22,24). The van der Waals surface area contributed by atoms with Crippen LogP contribution in [-0.4, -0.2) is 25.5 Å². The molecule has 1 saturated carbocycles. The highest BCUT2D eigenvalue weighted by molar-refractivity contribution is 6.28. The van der Waals surface area contributed by atoms with Gasteiger partial charge in [-0.2, -0.15) is 10.1 Å². The third-order valence-electron chi connectivity index (χ3n) is 5.00. The summed E-state index contributed by atoms with van der Waals surface area (Å²) in [6.07, 6.45) is 4.44. The van der Waals surface area contributed by atoms with Crippen molar-refractivity contribution in [2.75, 3.05) is 5.32 Å². The molecule has 1 aliphatic rings. The predicted molar refractivity (Wildman–Crippen MR) is 102 cm³/mol. The van der Waals surface area contributed by atoms with E-state index in [1.807, 2.05) is 10.7 Å². The molecule has 2 heterocycles. The molecule has 4 rings (SSSR count). The lowest BCUT2D eigenvalue weighted by Gasteiger charge is -2.21. The molecule has 0 aliphatic heterocycles. The molecule has 0 amide bonds. The Bertz CT molecular complexity index is 967. The number of carbonyl (C=O) groups excluding carboxylic acids is 1. The summed E-state index contributed by atoms with van der Waals surface area (Å²) < 4.78 is 1.91. The highest BCUT2D eigenvalue weighted by atomic mass is 35.5. The largest absolute Gasteiger partial charge is 0.338 e. The number of aryl methyl sites for hydroxylation is 2. The fourth-order valence-electron chi connectivity index (χ4n) is 3.55. The number of aromatic nitrogens is 4. The quantitative estimate of drug-likeness (QED) is 0.687. The van der Waals surface area contributed by atoms with Crippen LogP contribution in [-0.2, 0) is 4.79 Å². The van der Waals surface area contributed by atoms with Crippen LogP contribution in [0.25, 0.3) is 11.0 Å². The van der Waals surface area contributed by atoms with E-state index in [1.165, 1.54) is 0 Å². The van der Waals surface area contributed by atoms with Crippen molar-refractivity contribution < 1.29 is 4.79 Å². The number of nitrogens with zero attached hydrogens (tertiary/aromatic N) is 4. The Morgan fingerprint density at radius 3 is 2.58 bits per heavy atom. The van der Waals surface area contributed by atoms with Gasteiger partial charge in [-0.15, -0.1) is 0 Å². The number of carbonyl (C=O) groups is 1. The van der Waals surface area contributed by atoms with Gasteiger partial charge in [-0.05, 0) is 49.4 Å². The van der Waals surface area contributed by atoms with Crippen molar-refractivity contribution in [1.29, 1.82) is 0 Å². The molecule has 7 heteroatoms. The Morgan fingerprint density at radius 2 is 1.88 bits per heavy atom. The minimum absolute atomic E-state index is 0.148. The van der Waals surface area contributed by atoms with Crippen LogP contribution in [0.15, 0.2) is 24.4 Å². The number of benzene rings is 1. The Kier molecular flexibility index (Phi) is 4.36. The van der Waals surface area contributed by atoms with Gasteiger partial charge in [0.25, 0.3) is 0 Å². The molecule has 0 unspecified atom stereocenters. The summed E-state index contributed by atoms with van der Waals surface area (Å²) in [6, 6.07) is 6.31. The van der Waals surface area contributed by atoms with E-state index in [1.54, 1.807) is 6.20 Å². The Labute approximate surface area is 156 Å². The fourth-order valence-corrected chi connectivity index (χ4v) is 3.68. The zero-order chi connectivity index (χ0) is 18.3. The molecule has 0 spiro atoms. The molecule has 1 aliphatic carbocycles. The van der Waals surface area contributed by atoms with Gasteiger partial charge < -0.3 is 5.32 Å². The molecule has 2 aromatic heterocycles. The molecule has 0 bridgehead atoms. The van der Waals surface area contributed by atoms with Gasteiger partial charge >= 0.3 is 0 Å². The smallest absolute Gasteiger partial charge is 0.224 e. The molecule has 3 aromatic rings. The molecule has 1 aromatic carbocycles. The van der Waals surface area contributed by atoms with Gasteiger partial charge in [-0.25, -0.2) is 9.67 Å². The summed E-state index contributed by atoms with van der Waals surface area (Å²) in [5.41, 5.74) is 4.03. The Hall–Kier alpha value is -2.47. The van der Waals surface area contributed by atoms with Gasteiger partial charge in [0.2, 0.25) is 5.28 Å². The number of anilines is 2. The number of ketones is 1. The summed E-state index contributed by atoms with van der Waals surface area (Å²) in [5, 5.41) is 9.27. The molecule has 6 nitrogen and oxygen atoms in total. The number of Topliss-reactive ketones (excluding diaryl/α,β-unsaturated/α-hetero) is 1. The number of hydrogen-bond acceptors (Lipinski definition) is 5. The maximum Gasteiger partial charge on any atom is 0.224 e. The summed E-state index contributed by atoms with van der Waals surface area (Å²) in [5.74, 6) is 1.03. The molecule has 0 saturated heterocycles. The van der Waals surface area contributed by atoms with Crippen molar-refractivity contribution in [3.05, 3.63) is 40.8 Å². The number of nitrogens with one attached hydrogen (secondary N) is 1. The molecule has 0 radical (unpaired) electrons. The van der Waals surface area contributed by atoms with Crippen LogP contribution in [0.3, 0.4) is 0 Å². The normalized spacial score (nSPS) is 15.6. The van der Waals surface area contributed by atoms with Crippen LogP contribution in [0.5, 0.6) is 0 Å². The van der Waals surface area contributed by atoms with Gasteiger partial charge in [0, 0.05) is 24.7 Å². The second kappa shape index (κ2) is 6.68. The second-order valence-corrected chi connectivity index (χ2v) is 7.17. The first-order valence-electron chi connectivity index (χ1n) is 8.78. The molecule has 26 heavy (non-hydrogen) atoms. The summed E-state index contributed by atoms with van der Waals surface area (Å²) in [7, 11) is 0. The van der Waals surface area contributed by atoms with Crippen LogP contribution < -0.4 is 5.32 Å². The van der Waals surface area contributed by atoms with E-state index in [-0.39, 0.29) is 11.3 Å². The van der Waals surface area contributed by atoms with Crippen LogP contribution >= 0.6 is 11.6 Å². The minimum atomic E-state index is 0.148. The van der Waals surface area contributed by atoms with E-state index in [2.05, 4.69) is 41.3 Å². The number of hydrogen-bond donors (Lipinski definition) is 1. The second-order valence-electron chi connectivity index (χ2n) is 6.83. The van der Waals surface area contributed by atoms with Gasteiger partial charge in [0.1, 0.15) is 5.78 Å². The topological polar surface area (TPSA) is 72.7 Å². The number of halogens is 1. The van der Waals surface area contributed by atoms with E-state index in [9.17, 15) is 4.79 Å². The van der Waals surface area contributed by atoms with Crippen molar-refractivity contribution in [2.24, 2.45) is 0 Å². The summed E-state index contributed by atoms with van der Waals surface area (Å²) in [4.78, 5) is 20.1. The first-order chi connectivity index (χ1) is 12.5. The average molecular weight is 370 g/mol. The lowest BCUT2D eigenvalue weighted by molar-refractivity contribution is -0.120.